The largest absolute Gasteiger partial charge is 0.508 e. The third-order valence-electron chi connectivity index (χ3n) is 4.44. The Morgan fingerprint density at radius 2 is 1.50 bits per heavy atom. The van der Waals surface area contributed by atoms with Gasteiger partial charge in [-0.2, -0.15) is 3.71 Å². The second kappa shape index (κ2) is 11.9. The Labute approximate surface area is 182 Å². The van der Waals surface area contributed by atoms with Gasteiger partial charge >= 0.3 is 0 Å². The molecular formula is C21H30N2O2S3. The van der Waals surface area contributed by atoms with Gasteiger partial charge in [0.15, 0.2) is 5.72 Å². The Bertz CT molecular complexity index is 682. The molecule has 0 radical (unpaired) electrons. The molecule has 0 amide bonds. The van der Waals surface area contributed by atoms with Crippen LogP contribution < -0.4 is 4.74 Å². The Hall–Kier alpha value is -0.990. The van der Waals surface area contributed by atoms with E-state index in [9.17, 15) is 5.11 Å². The summed E-state index contributed by atoms with van der Waals surface area (Å²) in [6.45, 7) is 4.31. The SMILES string of the molecule is CCC(CC)(Oc1ccc(O)cc1)N(C)SCCSN(C)Sc1ccccc1. The minimum atomic E-state index is -0.364. The number of hydrogen-bond acceptors (Lipinski definition) is 7. The molecular weight excluding hydrogens is 408 g/mol. The Morgan fingerprint density at radius 1 is 0.893 bits per heavy atom. The summed E-state index contributed by atoms with van der Waals surface area (Å²) < 4.78 is 10.8. The number of aromatic hydroxyl groups is 1. The van der Waals surface area contributed by atoms with Crippen LogP contribution in [0.25, 0.3) is 0 Å². The predicted octanol–water partition coefficient (Wildman–Crippen LogP) is 6.15. The highest BCUT2D eigenvalue weighted by Crippen LogP contribution is 2.33. The van der Waals surface area contributed by atoms with E-state index in [1.54, 1.807) is 36.0 Å². The summed E-state index contributed by atoms with van der Waals surface area (Å²) in [7, 11) is 4.21. The minimum Gasteiger partial charge on any atom is -0.508 e. The van der Waals surface area contributed by atoms with E-state index >= 15 is 0 Å². The first-order valence-corrected chi connectivity index (χ1v) is 12.1. The molecule has 2 aromatic carbocycles. The van der Waals surface area contributed by atoms with Crippen molar-refractivity contribution in [2.75, 3.05) is 25.6 Å². The summed E-state index contributed by atoms with van der Waals surface area (Å²) in [5.74, 6) is 3.06. The van der Waals surface area contributed by atoms with E-state index in [0.29, 0.717) is 0 Å². The van der Waals surface area contributed by atoms with E-state index in [-0.39, 0.29) is 11.5 Å². The summed E-state index contributed by atoms with van der Waals surface area (Å²) in [5, 5.41) is 9.48. The molecule has 28 heavy (non-hydrogen) atoms. The van der Waals surface area contributed by atoms with Crippen LogP contribution in [0, 0.1) is 0 Å². The lowest BCUT2D eigenvalue weighted by Crippen LogP contribution is -2.47. The molecule has 0 aliphatic rings. The molecule has 0 unspecified atom stereocenters. The molecule has 0 aromatic heterocycles. The minimum absolute atomic E-state index is 0.253. The molecule has 4 nitrogen and oxygen atoms in total. The van der Waals surface area contributed by atoms with E-state index in [2.05, 4.69) is 60.2 Å². The zero-order valence-electron chi connectivity index (χ0n) is 17.0. The van der Waals surface area contributed by atoms with E-state index in [1.807, 2.05) is 30.1 Å². The fraction of sp³-hybridized carbons (Fsp3) is 0.429. The maximum absolute atomic E-state index is 9.48. The standard InChI is InChI=1S/C21H30N2O2S3/c1-5-21(6-2,25-19-14-12-18(24)13-15-19)22(3)26-16-17-27-23(4)28-20-10-8-7-9-11-20/h7-15,24H,5-6,16-17H2,1-4H3. The Morgan fingerprint density at radius 3 is 2.11 bits per heavy atom. The van der Waals surface area contributed by atoms with Crippen LogP contribution in [0.5, 0.6) is 11.5 Å². The van der Waals surface area contributed by atoms with Gasteiger partial charge in [0.25, 0.3) is 0 Å². The fourth-order valence-corrected chi connectivity index (χ4v) is 5.68. The van der Waals surface area contributed by atoms with Gasteiger partial charge in [0.1, 0.15) is 11.5 Å². The molecule has 0 atom stereocenters. The summed E-state index contributed by atoms with van der Waals surface area (Å²) in [6, 6.07) is 17.4. The summed E-state index contributed by atoms with van der Waals surface area (Å²) in [4.78, 5) is 1.25. The van der Waals surface area contributed by atoms with Crippen LogP contribution >= 0.6 is 35.8 Å². The summed E-state index contributed by atoms with van der Waals surface area (Å²) in [5.41, 5.74) is -0.364. The van der Waals surface area contributed by atoms with Gasteiger partial charge in [-0.1, -0.05) is 55.9 Å². The summed E-state index contributed by atoms with van der Waals surface area (Å²) >= 11 is 5.38. The van der Waals surface area contributed by atoms with Gasteiger partial charge in [-0.3, -0.25) is 0 Å². The monoisotopic (exact) mass is 438 g/mol. The Balaban J connectivity index is 1.81. The van der Waals surface area contributed by atoms with Crippen molar-refractivity contribution in [3.8, 4) is 11.5 Å². The van der Waals surface area contributed by atoms with Crippen LogP contribution in [0.15, 0.2) is 59.5 Å². The topological polar surface area (TPSA) is 35.9 Å². The maximum atomic E-state index is 9.48. The average Bonchev–Trinajstić information content (AvgIpc) is 2.71. The van der Waals surface area contributed by atoms with Gasteiger partial charge < -0.3 is 9.84 Å². The van der Waals surface area contributed by atoms with Gasteiger partial charge in [-0.25, -0.2) is 4.31 Å². The fourth-order valence-electron chi connectivity index (χ4n) is 2.75. The zero-order valence-corrected chi connectivity index (χ0v) is 19.4. The molecule has 0 saturated carbocycles. The lowest BCUT2D eigenvalue weighted by molar-refractivity contribution is -0.0250. The molecule has 0 saturated heterocycles. The molecule has 2 aromatic rings. The van der Waals surface area contributed by atoms with Crippen LogP contribution in [0.4, 0.5) is 0 Å². The number of phenolic OH excluding ortho intramolecular Hbond substituents is 1. The molecule has 0 heterocycles. The predicted molar refractivity (Wildman–Crippen MR) is 125 cm³/mol. The zero-order chi connectivity index (χ0) is 20.4. The number of benzene rings is 2. The van der Waals surface area contributed by atoms with Gasteiger partial charge in [0.05, 0.1) is 0 Å². The van der Waals surface area contributed by atoms with E-state index in [1.165, 1.54) is 4.90 Å². The smallest absolute Gasteiger partial charge is 0.171 e. The second-order valence-electron chi connectivity index (χ2n) is 6.26. The second-order valence-corrected chi connectivity index (χ2v) is 10.1. The van der Waals surface area contributed by atoms with Crippen molar-refractivity contribution >= 4 is 35.8 Å². The molecule has 0 bridgehead atoms. The molecule has 0 fully saturated rings. The highest BCUT2D eigenvalue weighted by molar-refractivity contribution is 8.12. The van der Waals surface area contributed by atoms with E-state index < -0.39 is 0 Å². The van der Waals surface area contributed by atoms with Crippen LogP contribution in [0.2, 0.25) is 0 Å². The first kappa shape index (κ1) is 23.3. The van der Waals surface area contributed by atoms with Gasteiger partial charge in [-0.15, -0.1) is 0 Å². The average molecular weight is 439 g/mol. The maximum Gasteiger partial charge on any atom is 0.171 e. The first-order chi connectivity index (χ1) is 13.5. The normalized spacial score (nSPS) is 11.9. The van der Waals surface area contributed by atoms with E-state index in [4.69, 9.17) is 4.74 Å². The van der Waals surface area contributed by atoms with E-state index in [0.717, 1.165) is 30.1 Å². The third kappa shape index (κ3) is 7.12. The quantitative estimate of drug-likeness (QED) is 0.242. The highest BCUT2D eigenvalue weighted by Gasteiger charge is 2.34. The molecule has 2 rings (SSSR count). The van der Waals surface area contributed by atoms with Crippen LogP contribution in [0.1, 0.15) is 26.7 Å². The van der Waals surface area contributed by atoms with Crippen molar-refractivity contribution in [1.29, 1.82) is 0 Å². The summed E-state index contributed by atoms with van der Waals surface area (Å²) in [6.07, 6.45) is 1.76. The molecule has 7 heteroatoms. The highest BCUT2D eigenvalue weighted by atomic mass is 32.2. The van der Waals surface area contributed by atoms with Gasteiger partial charge in [0, 0.05) is 30.5 Å². The van der Waals surface area contributed by atoms with Gasteiger partial charge in [-0.05, 0) is 61.2 Å². The third-order valence-corrected chi connectivity index (χ3v) is 7.84. The number of ether oxygens (including phenoxy) is 1. The van der Waals surface area contributed by atoms with Crippen molar-refractivity contribution in [3.05, 3.63) is 54.6 Å². The molecule has 0 aliphatic heterocycles. The molecule has 154 valence electrons. The van der Waals surface area contributed by atoms with Crippen molar-refractivity contribution in [1.82, 2.24) is 8.02 Å². The van der Waals surface area contributed by atoms with Crippen LogP contribution in [-0.4, -0.2) is 44.4 Å². The lowest BCUT2D eigenvalue weighted by atomic mass is 10.1. The molecule has 0 spiro atoms. The number of rotatable bonds is 12. The van der Waals surface area contributed by atoms with Gasteiger partial charge in [0.2, 0.25) is 0 Å². The molecule has 0 aliphatic carbocycles. The van der Waals surface area contributed by atoms with Crippen molar-refractivity contribution in [2.45, 2.75) is 37.3 Å². The van der Waals surface area contributed by atoms with Crippen molar-refractivity contribution < 1.29 is 9.84 Å². The number of nitrogens with zero attached hydrogens (tertiary/aromatic N) is 2. The lowest BCUT2D eigenvalue weighted by Gasteiger charge is -2.40. The van der Waals surface area contributed by atoms with Crippen LogP contribution in [0.3, 0.4) is 0 Å². The number of phenols is 1. The number of hydrogen-bond donors (Lipinski definition) is 1. The van der Waals surface area contributed by atoms with Crippen LogP contribution in [-0.2, 0) is 0 Å². The first-order valence-electron chi connectivity index (χ1n) is 9.43. The molecule has 1 N–H and O–H groups in total. The van der Waals surface area contributed by atoms with Crippen molar-refractivity contribution in [2.24, 2.45) is 0 Å². The Kier molecular flexibility index (Phi) is 9.88. The van der Waals surface area contributed by atoms with Crippen molar-refractivity contribution in [3.63, 3.8) is 0 Å².